The normalized spacial score (nSPS) is 31.6. The van der Waals surface area contributed by atoms with Crippen LogP contribution in [0.15, 0.2) is 5.57 Å². The third-order valence-corrected chi connectivity index (χ3v) is 3.80. The quantitative estimate of drug-likeness (QED) is 0.657. The molecule has 0 aliphatic carbocycles. The molecule has 0 radical (unpaired) electrons. The van der Waals surface area contributed by atoms with Crippen molar-refractivity contribution in [3.63, 3.8) is 0 Å². The molecule has 0 aromatic carbocycles. The van der Waals surface area contributed by atoms with Gasteiger partial charge in [0.05, 0.1) is 6.17 Å². The first-order chi connectivity index (χ1) is 7.16. The van der Waals surface area contributed by atoms with Crippen LogP contribution in [0.3, 0.4) is 0 Å². The summed E-state index contributed by atoms with van der Waals surface area (Å²) in [6.07, 6.45) is 3.74. The van der Waals surface area contributed by atoms with E-state index in [0.717, 1.165) is 31.6 Å². The van der Waals surface area contributed by atoms with Crippen LogP contribution in [0.5, 0.6) is 0 Å². The fourth-order valence-corrected chi connectivity index (χ4v) is 2.84. The Morgan fingerprint density at radius 2 is 2.07 bits per heavy atom. The van der Waals surface area contributed by atoms with Crippen LogP contribution < -0.4 is 5.32 Å². The summed E-state index contributed by atoms with van der Waals surface area (Å²) in [5.74, 6) is 2.15. The number of nitrogens with one attached hydrogen (secondary N) is 1. The maximum atomic E-state index is 10.9. The van der Waals surface area contributed by atoms with Crippen LogP contribution in [-0.4, -0.2) is 36.6 Å². The van der Waals surface area contributed by atoms with E-state index < -0.39 is 0 Å². The molecule has 2 aliphatic heterocycles. The number of carbonyl (C=O) groups excluding carboxylic acids is 1. The second-order valence-corrected chi connectivity index (χ2v) is 5.15. The van der Waals surface area contributed by atoms with E-state index in [1.165, 1.54) is 12.8 Å². The van der Waals surface area contributed by atoms with Crippen LogP contribution in [0.1, 0.15) is 33.1 Å². The van der Waals surface area contributed by atoms with Crippen molar-refractivity contribution < 1.29 is 4.79 Å². The molecule has 0 aromatic heterocycles. The van der Waals surface area contributed by atoms with Crippen LogP contribution >= 0.6 is 0 Å². The van der Waals surface area contributed by atoms with Crippen LogP contribution in [0.2, 0.25) is 0 Å². The molecular weight excluding hydrogens is 188 g/mol. The van der Waals surface area contributed by atoms with Crippen molar-refractivity contribution in [2.75, 3.05) is 19.6 Å². The van der Waals surface area contributed by atoms with Gasteiger partial charge in [-0.3, -0.25) is 4.90 Å². The highest BCUT2D eigenvalue weighted by Crippen LogP contribution is 2.36. The van der Waals surface area contributed by atoms with Crippen molar-refractivity contribution in [3.8, 4) is 0 Å². The Morgan fingerprint density at radius 3 is 2.67 bits per heavy atom. The van der Waals surface area contributed by atoms with Crippen LogP contribution in [0, 0.1) is 5.41 Å². The molecule has 15 heavy (non-hydrogen) atoms. The van der Waals surface area contributed by atoms with E-state index in [0.29, 0.717) is 6.17 Å². The molecule has 0 bridgehead atoms. The molecule has 3 heteroatoms. The van der Waals surface area contributed by atoms with Gasteiger partial charge in [-0.15, -0.1) is 0 Å². The van der Waals surface area contributed by atoms with Gasteiger partial charge in [-0.2, -0.15) is 0 Å². The summed E-state index contributed by atoms with van der Waals surface area (Å²) in [7, 11) is 0. The molecule has 0 saturated carbocycles. The summed E-state index contributed by atoms with van der Waals surface area (Å²) in [5.41, 5.74) is 0.878. The summed E-state index contributed by atoms with van der Waals surface area (Å²) >= 11 is 0. The van der Waals surface area contributed by atoms with Gasteiger partial charge in [0.2, 0.25) is 0 Å². The second-order valence-electron chi connectivity index (χ2n) is 5.15. The van der Waals surface area contributed by atoms with E-state index in [-0.39, 0.29) is 5.41 Å². The lowest BCUT2D eigenvalue weighted by atomic mass is 9.77. The second kappa shape index (κ2) is 4.09. The Balaban J connectivity index is 2.19. The van der Waals surface area contributed by atoms with Crippen LogP contribution in [0.4, 0.5) is 0 Å². The SMILES string of the molecule is CC1(C)C(=C=O)CCNC1N1CCCC1. The summed E-state index contributed by atoms with van der Waals surface area (Å²) in [5, 5.41) is 3.54. The molecule has 3 nitrogen and oxygen atoms in total. The van der Waals surface area contributed by atoms with Gasteiger partial charge in [-0.25, -0.2) is 4.79 Å². The molecule has 1 atom stereocenters. The Bertz CT molecular complexity index is 286. The molecule has 0 aromatic rings. The first-order valence-corrected chi connectivity index (χ1v) is 5.88. The van der Waals surface area contributed by atoms with E-state index in [1.807, 2.05) is 0 Å². The zero-order valence-corrected chi connectivity index (χ0v) is 9.68. The van der Waals surface area contributed by atoms with E-state index in [2.05, 4.69) is 30.0 Å². The van der Waals surface area contributed by atoms with Gasteiger partial charge in [-0.05, 0) is 32.4 Å². The highest BCUT2D eigenvalue weighted by Gasteiger charge is 2.40. The van der Waals surface area contributed by atoms with Crippen LogP contribution in [0.25, 0.3) is 0 Å². The van der Waals surface area contributed by atoms with Gasteiger partial charge in [0, 0.05) is 17.5 Å². The molecule has 2 fully saturated rings. The van der Waals surface area contributed by atoms with Crippen molar-refractivity contribution in [2.24, 2.45) is 5.41 Å². The molecule has 2 aliphatic rings. The molecule has 2 rings (SSSR count). The lowest BCUT2D eigenvalue weighted by Crippen LogP contribution is -2.57. The van der Waals surface area contributed by atoms with Crippen LogP contribution in [-0.2, 0) is 4.79 Å². The zero-order chi connectivity index (χ0) is 10.9. The van der Waals surface area contributed by atoms with Crippen molar-refractivity contribution in [2.45, 2.75) is 39.3 Å². The standard InChI is InChI=1S/C12H20N2O/c1-12(2)10(9-15)5-6-13-11(12)14-7-3-4-8-14/h11,13H,3-8H2,1-2H3. The maximum absolute atomic E-state index is 10.9. The monoisotopic (exact) mass is 208 g/mol. The number of hydrogen-bond acceptors (Lipinski definition) is 3. The number of rotatable bonds is 1. The average Bonchev–Trinajstić information content (AvgIpc) is 2.69. The minimum Gasteiger partial charge on any atom is -0.301 e. The largest absolute Gasteiger partial charge is 0.301 e. The van der Waals surface area contributed by atoms with Crippen molar-refractivity contribution >= 4 is 5.94 Å². The van der Waals surface area contributed by atoms with Gasteiger partial charge in [0.15, 0.2) is 0 Å². The third kappa shape index (κ3) is 1.87. The predicted octanol–water partition coefficient (Wildman–Crippen LogP) is 1.19. The lowest BCUT2D eigenvalue weighted by Gasteiger charge is -2.44. The van der Waals surface area contributed by atoms with Gasteiger partial charge < -0.3 is 5.32 Å². The molecule has 1 N–H and O–H groups in total. The van der Waals surface area contributed by atoms with E-state index in [1.54, 1.807) is 0 Å². The molecule has 2 heterocycles. The minimum absolute atomic E-state index is 0.0651. The Morgan fingerprint density at radius 1 is 1.40 bits per heavy atom. The molecule has 0 amide bonds. The van der Waals surface area contributed by atoms with E-state index in [4.69, 9.17) is 0 Å². The minimum atomic E-state index is -0.0651. The van der Waals surface area contributed by atoms with Gasteiger partial charge in [0.25, 0.3) is 0 Å². The first-order valence-electron chi connectivity index (χ1n) is 5.88. The van der Waals surface area contributed by atoms with Crippen molar-refractivity contribution in [3.05, 3.63) is 5.57 Å². The topological polar surface area (TPSA) is 32.3 Å². The summed E-state index contributed by atoms with van der Waals surface area (Å²) in [6.45, 7) is 7.54. The molecule has 2 saturated heterocycles. The van der Waals surface area contributed by atoms with E-state index in [9.17, 15) is 4.79 Å². The lowest BCUT2D eigenvalue weighted by molar-refractivity contribution is 0.0879. The Kier molecular flexibility index (Phi) is 2.96. The molecule has 1 unspecified atom stereocenters. The smallest absolute Gasteiger partial charge is 0.124 e. The Hall–Kier alpha value is -0.630. The first kappa shape index (κ1) is 10.9. The van der Waals surface area contributed by atoms with Crippen molar-refractivity contribution in [1.82, 2.24) is 10.2 Å². The zero-order valence-electron chi connectivity index (χ0n) is 9.68. The van der Waals surface area contributed by atoms with Gasteiger partial charge >= 0.3 is 0 Å². The fourth-order valence-electron chi connectivity index (χ4n) is 2.84. The highest BCUT2D eigenvalue weighted by atomic mass is 16.1. The molecular formula is C12H20N2O. The van der Waals surface area contributed by atoms with Gasteiger partial charge in [0.1, 0.15) is 5.94 Å². The van der Waals surface area contributed by atoms with Crippen molar-refractivity contribution in [1.29, 1.82) is 0 Å². The summed E-state index contributed by atoms with van der Waals surface area (Å²) in [6, 6.07) is 0. The summed E-state index contributed by atoms with van der Waals surface area (Å²) < 4.78 is 0. The number of nitrogens with zero attached hydrogens (tertiary/aromatic N) is 1. The highest BCUT2D eigenvalue weighted by molar-refractivity contribution is 5.55. The third-order valence-electron chi connectivity index (χ3n) is 3.80. The van der Waals surface area contributed by atoms with Gasteiger partial charge in [-0.1, -0.05) is 13.8 Å². The predicted molar refractivity (Wildman–Crippen MR) is 60.2 cm³/mol. The molecule has 0 spiro atoms. The summed E-state index contributed by atoms with van der Waals surface area (Å²) in [4.78, 5) is 13.4. The fraction of sp³-hybridized carbons (Fsp3) is 0.833. The maximum Gasteiger partial charge on any atom is 0.124 e. The molecule has 84 valence electrons. The number of likely N-dealkylation sites (tertiary alicyclic amines) is 1. The number of piperidine rings is 1. The number of hydrogen-bond donors (Lipinski definition) is 1. The average molecular weight is 208 g/mol. The Labute approximate surface area is 91.5 Å². The van der Waals surface area contributed by atoms with E-state index >= 15 is 0 Å².